The van der Waals surface area contributed by atoms with Gasteiger partial charge in [0.1, 0.15) is 5.69 Å². The molecule has 3 nitrogen and oxygen atoms in total. The molecule has 0 N–H and O–H groups in total. The minimum atomic E-state index is -0.0674. The fourth-order valence-electron chi connectivity index (χ4n) is 2.61. The molecular weight excluding hydrogens is 272 g/mol. The highest BCUT2D eigenvalue weighted by Gasteiger charge is 2.14. The molecule has 0 unspecified atom stereocenters. The summed E-state index contributed by atoms with van der Waals surface area (Å²) in [5, 5.41) is 0. The lowest BCUT2D eigenvalue weighted by Crippen LogP contribution is -2.22. The third-order valence-electron chi connectivity index (χ3n) is 3.91. The van der Waals surface area contributed by atoms with E-state index in [0.717, 1.165) is 16.7 Å². The van der Waals surface area contributed by atoms with Gasteiger partial charge in [-0.2, -0.15) is 0 Å². The van der Waals surface area contributed by atoms with E-state index in [1.807, 2.05) is 36.4 Å². The summed E-state index contributed by atoms with van der Waals surface area (Å²) in [6.07, 6.45) is 0. The quantitative estimate of drug-likeness (QED) is 0.679. The van der Waals surface area contributed by atoms with Crippen LogP contribution >= 0.6 is 0 Å². The molecule has 0 spiro atoms. The minimum Gasteiger partial charge on any atom is -0.274 e. The average molecular weight is 292 g/mol. The van der Waals surface area contributed by atoms with Crippen molar-refractivity contribution in [2.45, 2.75) is 33.1 Å². The van der Waals surface area contributed by atoms with E-state index in [2.05, 4.69) is 37.9 Å². The molecule has 112 valence electrons. The predicted octanol–water partition coefficient (Wildman–Crippen LogP) is 3.99. The Bertz CT molecular complexity index is 884. The van der Waals surface area contributed by atoms with E-state index >= 15 is 0 Å². The Morgan fingerprint density at radius 2 is 1.59 bits per heavy atom. The van der Waals surface area contributed by atoms with Crippen molar-refractivity contribution in [3.63, 3.8) is 0 Å². The Labute approximate surface area is 130 Å². The number of aromatic nitrogens is 2. The van der Waals surface area contributed by atoms with E-state index < -0.39 is 0 Å². The van der Waals surface area contributed by atoms with Crippen LogP contribution in [-0.2, 0) is 5.41 Å². The van der Waals surface area contributed by atoms with Crippen molar-refractivity contribution in [1.82, 2.24) is 9.55 Å². The lowest BCUT2D eigenvalue weighted by atomic mass is 9.87. The molecule has 0 atom stereocenters. The van der Waals surface area contributed by atoms with Crippen molar-refractivity contribution in [3.8, 4) is 5.69 Å². The molecule has 2 aromatic carbocycles. The monoisotopic (exact) mass is 292 g/mol. The van der Waals surface area contributed by atoms with Crippen molar-refractivity contribution < 1.29 is 0 Å². The molecule has 0 saturated heterocycles. The van der Waals surface area contributed by atoms with Crippen LogP contribution in [0.5, 0.6) is 0 Å². The van der Waals surface area contributed by atoms with Gasteiger partial charge in [-0.05, 0) is 42.2 Å². The number of nitrogens with zero attached hydrogens (tertiary/aromatic N) is 2. The molecule has 0 saturated carbocycles. The summed E-state index contributed by atoms with van der Waals surface area (Å²) in [6.45, 7) is 8.30. The number of hydrogen-bond acceptors (Lipinski definition) is 2. The molecule has 22 heavy (non-hydrogen) atoms. The normalized spacial score (nSPS) is 11.8. The molecule has 0 aliphatic rings. The van der Waals surface area contributed by atoms with Gasteiger partial charge >= 0.3 is 0 Å². The summed E-state index contributed by atoms with van der Waals surface area (Å²) in [5.74, 6) is 0. The fraction of sp³-hybridized carbons (Fsp3) is 0.263. The predicted molar refractivity (Wildman–Crippen MR) is 90.8 cm³/mol. The van der Waals surface area contributed by atoms with E-state index in [1.165, 1.54) is 5.56 Å². The molecule has 3 heteroatoms. The van der Waals surface area contributed by atoms with E-state index in [9.17, 15) is 4.79 Å². The Hall–Kier alpha value is -2.42. The Balaban J connectivity index is 2.26. The van der Waals surface area contributed by atoms with Gasteiger partial charge in [-0.1, -0.05) is 45.0 Å². The summed E-state index contributed by atoms with van der Waals surface area (Å²) in [7, 11) is 0. The van der Waals surface area contributed by atoms with Gasteiger partial charge in [-0.15, -0.1) is 0 Å². The highest BCUT2D eigenvalue weighted by molar-refractivity contribution is 5.76. The SMILES string of the molecule is Cc1nc2ccccc2n(-c2ccc(C(C)(C)C)cc2)c1=O. The highest BCUT2D eigenvalue weighted by atomic mass is 16.1. The average Bonchev–Trinajstić information content (AvgIpc) is 2.48. The number of benzene rings is 2. The lowest BCUT2D eigenvalue weighted by Gasteiger charge is -2.19. The van der Waals surface area contributed by atoms with Gasteiger partial charge in [0.2, 0.25) is 0 Å². The van der Waals surface area contributed by atoms with Crippen molar-refractivity contribution in [2.75, 3.05) is 0 Å². The molecule has 3 rings (SSSR count). The standard InChI is InChI=1S/C19H20N2O/c1-13-18(22)21(17-8-6-5-7-16(17)20-13)15-11-9-14(10-12-15)19(2,3)4/h5-12H,1-4H3. The maximum absolute atomic E-state index is 12.6. The molecule has 0 aliphatic heterocycles. The van der Waals surface area contributed by atoms with Crippen molar-refractivity contribution in [2.24, 2.45) is 0 Å². The van der Waals surface area contributed by atoms with E-state index in [0.29, 0.717) is 5.69 Å². The summed E-state index contributed by atoms with van der Waals surface area (Å²) in [6, 6.07) is 15.9. The molecule has 0 aliphatic carbocycles. The molecule has 1 aromatic heterocycles. The summed E-state index contributed by atoms with van der Waals surface area (Å²) in [4.78, 5) is 17.0. The van der Waals surface area contributed by atoms with Gasteiger partial charge in [-0.3, -0.25) is 9.36 Å². The van der Waals surface area contributed by atoms with Gasteiger partial charge in [0, 0.05) is 5.69 Å². The number of aryl methyl sites for hydroxylation is 1. The Morgan fingerprint density at radius 1 is 0.955 bits per heavy atom. The molecule has 0 radical (unpaired) electrons. The first-order chi connectivity index (χ1) is 10.4. The molecule has 0 amide bonds. The van der Waals surface area contributed by atoms with Gasteiger partial charge in [0.25, 0.3) is 5.56 Å². The zero-order valence-corrected chi connectivity index (χ0v) is 13.4. The van der Waals surface area contributed by atoms with E-state index in [-0.39, 0.29) is 11.0 Å². The number of para-hydroxylation sites is 2. The maximum atomic E-state index is 12.6. The molecule has 3 aromatic rings. The Kier molecular flexibility index (Phi) is 3.36. The van der Waals surface area contributed by atoms with E-state index in [4.69, 9.17) is 0 Å². The number of hydrogen-bond donors (Lipinski definition) is 0. The van der Waals surface area contributed by atoms with Crippen LogP contribution in [0.3, 0.4) is 0 Å². The first kappa shape index (κ1) is 14.5. The highest BCUT2D eigenvalue weighted by Crippen LogP contribution is 2.23. The third-order valence-corrected chi connectivity index (χ3v) is 3.91. The van der Waals surface area contributed by atoms with Crippen LogP contribution in [0, 0.1) is 6.92 Å². The minimum absolute atomic E-state index is 0.0674. The lowest BCUT2D eigenvalue weighted by molar-refractivity contribution is 0.590. The smallest absolute Gasteiger partial charge is 0.274 e. The van der Waals surface area contributed by atoms with Crippen LogP contribution in [0.2, 0.25) is 0 Å². The van der Waals surface area contributed by atoms with Gasteiger partial charge in [0.15, 0.2) is 0 Å². The maximum Gasteiger partial charge on any atom is 0.277 e. The van der Waals surface area contributed by atoms with Crippen LogP contribution in [0.15, 0.2) is 53.3 Å². The summed E-state index contributed by atoms with van der Waals surface area (Å²) >= 11 is 0. The zero-order chi connectivity index (χ0) is 15.9. The fourth-order valence-corrected chi connectivity index (χ4v) is 2.61. The topological polar surface area (TPSA) is 34.9 Å². The Morgan fingerprint density at radius 3 is 2.23 bits per heavy atom. The van der Waals surface area contributed by atoms with Crippen LogP contribution < -0.4 is 5.56 Å². The molecule has 0 bridgehead atoms. The van der Waals surface area contributed by atoms with Gasteiger partial charge in [-0.25, -0.2) is 4.98 Å². The van der Waals surface area contributed by atoms with Crippen LogP contribution in [-0.4, -0.2) is 9.55 Å². The van der Waals surface area contributed by atoms with Gasteiger partial charge in [0.05, 0.1) is 11.0 Å². The first-order valence-corrected chi connectivity index (χ1v) is 7.47. The largest absolute Gasteiger partial charge is 0.277 e. The van der Waals surface area contributed by atoms with Gasteiger partial charge < -0.3 is 0 Å². The van der Waals surface area contributed by atoms with Crippen LogP contribution in [0.4, 0.5) is 0 Å². The summed E-state index contributed by atoms with van der Waals surface area (Å²) < 4.78 is 1.74. The molecular formula is C19H20N2O. The number of fused-ring (bicyclic) bond motifs is 1. The number of rotatable bonds is 1. The van der Waals surface area contributed by atoms with Crippen LogP contribution in [0.25, 0.3) is 16.7 Å². The second kappa shape index (κ2) is 5.09. The molecule has 0 fully saturated rings. The first-order valence-electron chi connectivity index (χ1n) is 7.47. The van der Waals surface area contributed by atoms with Crippen molar-refractivity contribution >= 4 is 11.0 Å². The van der Waals surface area contributed by atoms with E-state index in [1.54, 1.807) is 11.5 Å². The second-order valence-corrected chi connectivity index (χ2v) is 6.62. The second-order valence-electron chi connectivity index (χ2n) is 6.62. The van der Waals surface area contributed by atoms with Crippen molar-refractivity contribution in [1.29, 1.82) is 0 Å². The van der Waals surface area contributed by atoms with Crippen LogP contribution in [0.1, 0.15) is 32.0 Å². The zero-order valence-electron chi connectivity index (χ0n) is 13.4. The third kappa shape index (κ3) is 2.43. The summed E-state index contributed by atoms with van der Waals surface area (Å²) in [5.41, 5.74) is 4.33. The molecule has 1 heterocycles. The van der Waals surface area contributed by atoms with Crippen molar-refractivity contribution in [3.05, 3.63) is 70.1 Å².